The average molecular weight is 545 g/mol. The number of rotatable bonds is 11. The quantitative estimate of drug-likeness (QED) is 0.417. The lowest BCUT2D eigenvalue weighted by atomic mass is 10.0. The van der Waals surface area contributed by atoms with E-state index in [2.05, 4.69) is 37.1 Å². The highest BCUT2D eigenvalue weighted by Crippen LogP contribution is 2.47. The average Bonchev–Trinajstić information content (AvgIpc) is 2.98. The topological polar surface area (TPSA) is 77.5 Å². The molecule has 0 bridgehead atoms. The Bertz CT molecular complexity index is 1060. The van der Waals surface area contributed by atoms with Crippen molar-refractivity contribution in [3.05, 3.63) is 54.1 Å². The lowest BCUT2D eigenvalue weighted by molar-refractivity contribution is -0.157. The number of aliphatic hydroxyl groups is 1. The molecule has 0 aliphatic carbocycles. The van der Waals surface area contributed by atoms with Gasteiger partial charge in [-0.2, -0.15) is 0 Å². The molecular formula is C29H44N4O4S. The molecule has 0 radical (unpaired) electrons. The van der Waals surface area contributed by atoms with Gasteiger partial charge in [-0.05, 0) is 78.8 Å². The molecule has 2 aromatic rings. The van der Waals surface area contributed by atoms with Crippen LogP contribution in [0.25, 0.3) is 0 Å². The number of hydrogen-bond acceptors (Lipinski definition) is 8. The molecule has 0 saturated carbocycles. The Morgan fingerprint density at radius 1 is 1.05 bits per heavy atom. The molecule has 8 nitrogen and oxygen atoms in total. The summed E-state index contributed by atoms with van der Waals surface area (Å²) in [7, 11) is 9.26. The van der Waals surface area contributed by atoms with Gasteiger partial charge in [-0.15, -0.1) is 11.8 Å². The molecule has 0 fully saturated rings. The summed E-state index contributed by atoms with van der Waals surface area (Å²) in [5.74, 6) is 0.634. The number of carbonyl (C=O) groups is 1. The number of nitrogens with zero attached hydrogens (tertiary/aromatic N) is 3. The van der Waals surface area contributed by atoms with Gasteiger partial charge in [-0.25, -0.2) is 0 Å². The zero-order chi connectivity index (χ0) is 28.1. The number of carbonyl (C=O) groups excluding carboxylic acids is 1. The van der Waals surface area contributed by atoms with E-state index in [-0.39, 0.29) is 29.8 Å². The third kappa shape index (κ3) is 7.71. The standard InChI is InChI=1S/C29H44N4O4S/c1-28(2,3)30-19-29(35,32(6)7)20-37-25-26(21-13-15-22(36-8)16-14-21)38-24-12-10-9-11-23(24)33(27(25)34)18-17-31(4)5/h9-16,25-26,30,35H,17-20H2,1-8H3/t25-,26+,29?/m1/s1. The second-order valence-corrected chi connectivity index (χ2v) is 12.5. The maximum Gasteiger partial charge on any atom is 0.257 e. The summed E-state index contributed by atoms with van der Waals surface area (Å²) >= 11 is 1.62. The molecule has 1 unspecified atom stereocenters. The van der Waals surface area contributed by atoms with Crippen LogP contribution in [0.4, 0.5) is 5.69 Å². The number of benzene rings is 2. The first-order valence-electron chi connectivity index (χ1n) is 13.0. The minimum Gasteiger partial charge on any atom is -0.497 e. The van der Waals surface area contributed by atoms with Gasteiger partial charge in [-0.1, -0.05) is 24.3 Å². The van der Waals surface area contributed by atoms with Crippen molar-refractivity contribution in [3.63, 3.8) is 0 Å². The van der Waals surface area contributed by atoms with Crippen LogP contribution in [-0.4, -0.2) is 99.7 Å². The van der Waals surface area contributed by atoms with Crippen molar-refractivity contribution in [1.82, 2.24) is 15.1 Å². The Morgan fingerprint density at radius 3 is 2.29 bits per heavy atom. The first-order chi connectivity index (χ1) is 17.8. The fourth-order valence-corrected chi connectivity index (χ4v) is 5.42. The first-order valence-corrected chi connectivity index (χ1v) is 13.8. The number of methoxy groups -OCH3 is 1. The highest BCUT2D eigenvalue weighted by atomic mass is 32.2. The van der Waals surface area contributed by atoms with Crippen LogP contribution in [-0.2, 0) is 9.53 Å². The van der Waals surface area contributed by atoms with E-state index in [4.69, 9.17) is 9.47 Å². The molecule has 2 N–H and O–H groups in total. The summed E-state index contributed by atoms with van der Waals surface area (Å²) in [5, 5.41) is 14.6. The van der Waals surface area contributed by atoms with E-state index in [9.17, 15) is 9.90 Å². The van der Waals surface area contributed by atoms with Gasteiger partial charge in [-0.3, -0.25) is 9.69 Å². The number of para-hydroxylation sites is 1. The SMILES string of the molecule is COc1ccc([C@@H]2Sc3ccccc3N(CCN(C)C)C(=O)[C@@H]2OCC(O)(CNC(C)(C)C)N(C)C)cc1. The van der Waals surface area contributed by atoms with Crippen molar-refractivity contribution < 1.29 is 19.4 Å². The molecule has 1 amide bonds. The van der Waals surface area contributed by atoms with E-state index < -0.39 is 11.8 Å². The van der Waals surface area contributed by atoms with Crippen molar-refractivity contribution in [1.29, 1.82) is 0 Å². The Morgan fingerprint density at radius 2 is 1.71 bits per heavy atom. The molecule has 0 spiro atoms. The van der Waals surface area contributed by atoms with E-state index in [0.29, 0.717) is 13.1 Å². The Balaban J connectivity index is 2.01. The van der Waals surface area contributed by atoms with Crippen molar-refractivity contribution in [2.45, 2.75) is 48.3 Å². The predicted molar refractivity (Wildman–Crippen MR) is 155 cm³/mol. The molecule has 210 valence electrons. The van der Waals surface area contributed by atoms with Crippen molar-refractivity contribution in [2.24, 2.45) is 0 Å². The fourth-order valence-electron chi connectivity index (χ4n) is 4.07. The number of thioether (sulfide) groups is 1. The second-order valence-electron chi connectivity index (χ2n) is 11.3. The van der Waals surface area contributed by atoms with Gasteiger partial charge in [0.05, 0.1) is 24.7 Å². The molecule has 38 heavy (non-hydrogen) atoms. The maximum absolute atomic E-state index is 14.3. The number of nitrogens with one attached hydrogen (secondary N) is 1. The lowest BCUT2D eigenvalue weighted by Gasteiger charge is -2.39. The molecule has 0 saturated heterocycles. The number of ether oxygens (including phenoxy) is 2. The summed E-state index contributed by atoms with van der Waals surface area (Å²) < 4.78 is 11.8. The fraction of sp³-hybridized carbons (Fsp3) is 0.552. The number of likely N-dealkylation sites (N-methyl/N-ethyl adjacent to an activating group) is 2. The lowest BCUT2D eigenvalue weighted by Crippen LogP contribution is -2.59. The molecule has 1 heterocycles. The van der Waals surface area contributed by atoms with E-state index >= 15 is 0 Å². The predicted octanol–water partition coefficient (Wildman–Crippen LogP) is 3.46. The summed E-state index contributed by atoms with van der Waals surface area (Å²) in [5.41, 5.74) is 0.343. The Labute approximate surface area is 232 Å². The monoisotopic (exact) mass is 544 g/mol. The van der Waals surface area contributed by atoms with Crippen LogP contribution < -0.4 is 15.0 Å². The van der Waals surface area contributed by atoms with Gasteiger partial charge in [0, 0.05) is 30.1 Å². The first kappa shape index (κ1) is 30.4. The van der Waals surface area contributed by atoms with Gasteiger partial charge in [0.25, 0.3) is 5.91 Å². The molecule has 3 rings (SSSR count). The van der Waals surface area contributed by atoms with Crippen LogP contribution in [0.2, 0.25) is 0 Å². The van der Waals surface area contributed by atoms with Crippen LogP contribution in [0, 0.1) is 0 Å². The van der Waals surface area contributed by atoms with Gasteiger partial charge < -0.3 is 29.7 Å². The van der Waals surface area contributed by atoms with Gasteiger partial charge >= 0.3 is 0 Å². The summed E-state index contributed by atoms with van der Waals surface area (Å²) in [6, 6.07) is 15.8. The number of anilines is 1. The van der Waals surface area contributed by atoms with Crippen molar-refractivity contribution in [3.8, 4) is 5.75 Å². The minimum absolute atomic E-state index is 0.0371. The van der Waals surface area contributed by atoms with Gasteiger partial charge in [0.15, 0.2) is 11.8 Å². The Kier molecular flexibility index (Phi) is 10.2. The molecule has 3 atom stereocenters. The highest BCUT2D eigenvalue weighted by Gasteiger charge is 2.42. The number of fused-ring (bicyclic) bond motifs is 1. The molecule has 0 aromatic heterocycles. The zero-order valence-corrected chi connectivity index (χ0v) is 24.8. The number of β-amino-alcohol motifs (C(OH)–C–C–N with tert-alkyl or cyclic N) is 1. The Hall–Kier alpha value is -2.14. The van der Waals surface area contributed by atoms with E-state index in [0.717, 1.165) is 21.9 Å². The van der Waals surface area contributed by atoms with E-state index in [1.165, 1.54) is 0 Å². The largest absolute Gasteiger partial charge is 0.497 e. The van der Waals surface area contributed by atoms with E-state index in [1.54, 1.807) is 23.8 Å². The van der Waals surface area contributed by atoms with Crippen molar-refractivity contribution in [2.75, 3.05) is 66.4 Å². The van der Waals surface area contributed by atoms with Crippen LogP contribution in [0.5, 0.6) is 5.75 Å². The van der Waals surface area contributed by atoms with Gasteiger partial charge in [0.1, 0.15) is 5.75 Å². The van der Waals surface area contributed by atoms with Crippen LogP contribution in [0.3, 0.4) is 0 Å². The third-order valence-electron chi connectivity index (χ3n) is 6.64. The maximum atomic E-state index is 14.3. The summed E-state index contributed by atoms with van der Waals surface area (Å²) in [6.07, 6.45) is -0.816. The van der Waals surface area contributed by atoms with Gasteiger partial charge in [0.2, 0.25) is 0 Å². The molecular weight excluding hydrogens is 500 g/mol. The molecule has 2 aromatic carbocycles. The second kappa shape index (κ2) is 12.8. The highest BCUT2D eigenvalue weighted by molar-refractivity contribution is 7.99. The van der Waals surface area contributed by atoms with E-state index in [1.807, 2.05) is 75.6 Å². The molecule has 9 heteroatoms. The van der Waals surface area contributed by atoms with Crippen LogP contribution in [0.1, 0.15) is 31.6 Å². The summed E-state index contributed by atoms with van der Waals surface area (Å²) in [6.45, 7) is 7.64. The van der Waals surface area contributed by atoms with Crippen molar-refractivity contribution >= 4 is 23.4 Å². The molecule has 1 aliphatic heterocycles. The third-order valence-corrected chi connectivity index (χ3v) is 8.01. The molecule has 1 aliphatic rings. The van der Waals surface area contributed by atoms with Crippen LogP contribution in [0.15, 0.2) is 53.4 Å². The summed E-state index contributed by atoms with van der Waals surface area (Å²) in [4.78, 5) is 20.9. The van der Waals surface area contributed by atoms with Crippen LogP contribution >= 0.6 is 11.8 Å². The minimum atomic E-state index is -1.31. The zero-order valence-electron chi connectivity index (χ0n) is 24.0. The number of amides is 1. The normalized spacial score (nSPS) is 19.9. The smallest absolute Gasteiger partial charge is 0.257 e. The number of hydrogen-bond donors (Lipinski definition) is 2.